The molecule has 0 bridgehead atoms. The largest absolute Gasteiger partial charge is 0.361 e. The van der Waals surface area contributed by atoms with Gasteiger partial charge in [-0.25, -0.2) is 0 Å². The number of hydrogen-bond acceptors (Lipinski definition) is 3. The zero-order chi connectivity index (χ0) is 15.3. The molecule has 0 atom stereocenters. The second-order valence-corrected chi connectivity index (χ2v) is 11.9. The standard InChI is InChI=1S/C16H21N3OSi/c1-21(2,3)10-9-20-13-19-15(11-17)6-7-16(19)14-5-4-8-18-12-14/h4-8,12H,9-10,13H2,1-3H3. The van der Waals surface area contributed by atoms with E-state index in [1.807, 2.05) is 28.8 Å². The third-order valence-electron chi connectivity index (χ3n) is 3.27. The average molecular weight is 299 g/mol. The molecule has 0 aliphatic rings. The summed E-state index contributed by atoms with van der Waals surface area (Å²) in [5, 5.41) is 9.23. The Balaban J connectivity index is 2.11. The van der Waals surface area contributed by atoms with Crippen molar-refractivity contribution in [2.45, 2.75) is 32.4 Å². The first-order chi connectivity index (χ1) is 10.0. The van der Waals surface area contributed by atoms with Crippen molar-refractivity contribution >= 4 is 8.07 Å². The maximum Gasteiger partial charge on any atom is 0.124 e. The summed E-state index contributed by atoms with van der Waals surface area (Å²) in [4.78, 5) is 4.13. The van der Waals surface area contributed by atoms with E-state index < -0.39 is 8.07 Å². The normalized spacial score (nSPS) is 11.3. The lowest BCUT2D eigenvalue weighted by Crippen LogP contribution is -2.22. The van der Waals surface area contributed by atoms with Crippen molar-refractivity contribution in [3.8, 4) is 17.3 Å². The van der Waals surface area contributed by atoms with Crippen LogP contribution in [0.1, 0.15) is 5.69 Å². The van der Waals surface area contributed by atoms with Crippen LogP contribution in [0.15, 0.2) is 36.7 Å². The van der Waals surface area contributed by atoms with Gasteiger partial charge in [0, 0.05) is 32.6 Å². The average Bonchev–Trinajstić information content (AvgIpc) is 2.86. The summed E-state index contributed by atoms with van der Waals surface area (Å²) in [6.07, 6.45) is 3.54. The highest BCUT2D eigenvalue weighted by Crippen LogP contribution is 2.21. The molecule has 0 unspecified atom stereocenters. The fourth-order valence-electron chi connectivity index (χ4n) is 2.00. The fraction of sp³-hybridized carbons (Fsp3) is 0.375. The quantitative estimate of drug-likeness (QED) is 0.603. The zero-order valence-corrected chi connectivity index (χ0v) is 13.8. The third kappa shape index (κ3) is 4.28. The number of pyridine rings is 1. The molecule has 0 N–H and O–H groups in total. The molecular weight excluding hydrogens is 278 g/mol. The Bertz CT molecular complexity index is 623. The molecular formula is C16H21N3OSi. The molecule has 2 rings (SSSR count). The molecule has 110 valence electrons. The molecule has 4 nitrogen and oxygen atoms in total. The van der Waals surface area contributed by atoms with Crippen molar-refractivity contribution in [2.24, 2.45) is 0 Å². The lowest BCUT2D eigenvalue weighted by atomic mass is 10.2. The first kappa shape index (κ1) is 15.5. The molecule has 0 amide bonds. The van der Waals surface area contributed by atoms with Gasteiger partial charge in [0.1, 0.15) is 18.5 Å². The Morgan fingerprint density at radius 1 is 1.29 bits per heavy atom. The van der Waals surface area contributed by atoms with E-state index in [1.165, 1.54) is 0 Å². The number of ether oxygens (including phenoxy) is 1. The predicted octanol–water partition coefficient (Wildman–Crippen LogP) is 3.73. The Hall–Kier alpha value is -1.90. The molecule has 21 heavy (non-hydrogen) atoms. The van der Waals surface area contributed by atoms with Crippen LogP contribution in [0.3, 0.4) is 0 Å². The smallest absolute Gasteiger partial charge is 0.124 e. The minimum Gasteiger partial charge on any atom is -0.361 e. The van der Waals surface area contributed by atoms with E-state index in [1.54, 1.807) is 12.4 Å². The molecule has 5 heteroatoms. The Morgan fingerprint density at radius 3 is 2.71 bits per heavy atom. The number of hydrogen-bond donors (Lipinski definition) is 0. The van der Waals surface area contributed by atoms with E-state index in [-0.39, 0.29) is 0 Å². The maximum absolute atomic E-state index is 9.23. The minimum absolute atomic E-state index is 0.407. The molecule has 2 aromatic rings. The molecule has 0 spiro atoms. The molecule has 0 aromatic carbocycles. The molecule has 0 saturated heterocycles. The zero-order valence-electron chi connectivity index (χ0n) is 12.8. The van der Waals surface area contributed by atoms with Crippen LogP contribution >= 0.6 is 0 Å². The van der Waals surface area contributed by atoms with Gasteiger partial charge in [0.05, 0.1) is 5.69 Å². The van der Waals surface area contributed by atoms with Crippen molar-refractivity contribution in [3.05, 3.63) is 42.4 Å². The topological polar surface area (TPSA) is 50.8 Å². The van der Waals surface area contributed by atoms with Crippen LogP contribution in [0.25, 0.3) is 11.3 Å². The summed E-state index contributed by atoms with van der Waals surface area (Å²) in [6, 6.07) is 11.0. The van der Waals surface area contributed by atoms with Crippen LogP contribution in [-0.2, 0) is 11.5 Å². The Kier molecular flexibility index (Phi) is 4.94. The summed E-state index contributed by atoms with van der Waals surface area (Å²) in [5.41, 5.74) is 2.57. The van der Waals surface area contributed by atoms with Crippen molar-refractivity contribution in [1.82, 2.24) is 9.55 Å². The first-order valence-corrected chi connectivity index (χ1v) is 10.8. The van der Waals surface area contributed by atoms with Crippen molar-refractivity contribution in [2.75, 3.05) is 6.61 Å². The molecule has 2 heterocycles. The van der Waals surface area contributed by atoms with E-state index in [0.717, 1.165) is 23.9 Å². The maximum atomic E-state index is 9.23. The highest BCUT2D eigenvalue weighted by atomic mass is 28.3. The third-order valence-corrected chi connectivity index (χ3v) is 4.97. The van der Waals surface area contributed by atoms with Crippen LogP contribution in [-0.4, -0.2) is 24.2 Å². The number of nitriles is 1. The first-order valence-electron chi connectivity index (χ1n) is 7.09. The number of rotatable bonds is 6. The van der Waals surface area contributed by atoms with Gasteiger partial charge in [0.25, 0.3) is 0 Å². The van der Waals surface area contributed by atoms with E-state index >= 15 is 0 Å². The van der Waals surface area contributed by atoms with Crippen LogP contribution < -0.4 is 0 Å². The van der Waals surface area contributed by atoms with Crippen molar-refractivity contribution in [1.29, 1.82) is 5.26 Å². The summed E-state index contributed by atoms with van der Waals surface area (Å²) >= 11 is 0. The van der Waals surface area contributed by atoms with Gasteiger partial charge in [0.2, 0.25) is 0 Å². The van der Waals surface area contributed by atoms with Gasteiger partial charge in [-0.15, -0.1) is 0 Å². The summed E-state index contributed by atoms with van der Waals surface area (Å²) in [6.45, 7) is 8.13. The Labute approximate surface area is 127 Å². The van der Waals surface area contributed by atoms with Gasteiger partial charge >= 0.3 is 0 Å². The van der Waals surface area contributed by atoms with Gasteiger partial charge in [-0.1, -0.05) is 19.6 Å². The molecule has 2 aromatic heterocycles. The van der Waals surface area contributed by atoms with Crippen molar-refractivity contribution in [3.63, 3.8) is 0 Å². The second-order valence-electron chi connectivity index (χ2n) is 6.23. The van der Waals surface area contributed by atoms with Crippen LogP contribution in [0.2, 0.25) is 25.7 Å². The fourth-order valence-corrected chi connectivity index (χ4v) is 2.76. The van der Waals surface area contributed by atoms with Gasteiger partial charge in [-0.3, -0.25) is 4.98 Å². The van der Waals surface area contributed by atoms with Crippen LogP contribution in [0, 0.1) is 11.3 Å². The molecule has 0 aliphatic heterocycles. The minimum atomic E-state index is -1.09. The Morgan fingerprint density at radius 2 is 2.10 bits per heavy atom. The van der Waals surface area contributed by atoms with Crippen LogP contribution in [0.4, 0.5) is 0 Å². The highest BCUT2D eigenvalue weighted by molar-refractivity contribution is 6.76. The molecule has 0 fully saturated rings. The lowest BCUT2D eigenvalue weighted by molar-refractivity contribution is 0.0880. The lowest BCUT2D eigenvalue weighted by Gasteiger charge is -2.16. The van der Waals surface area contributed by atoms with Crippen LogP contribution in [0.5, 0.6) is 0 Å². The van der Waals surface area contributed by atoms with E-state index in [4.69, 9.17) is 4.74 Å². The number of aromatic nitrogens is 2. The van der Waals surface area contributed by atoms with E-state index in [0.29, 0.717) is 12.4 Å². The van der Waals surface area contributed by atoms with E-state index in [9.17, 15) is 5.26 Å². The second kappa shape index (κ2) is 6.70. The van der Waals surface area contributed by atoms with Crippen molar-refractivity contribution < 1.29 is 4.74 Å². The van der Waals surface area contributed by atoms with Gasteiger partial charge in [0.15, 0.2) is 0 Å². The summed E-state index contributed by atoms with van der Waals surface area (Å²) in [7, 11) is -1.09. The van der Waals surface area contributed by atoms with E-state index in [2.05, 4.69) is 30.7 Å². The monoisotopic (exact) mass is 299 g/mol. The number of nitrogens with zero attached hydrogens (tertiary/aromatic N) is 3. The van der Waals surface area contributed by atoms with Gasteiger partial charge < -0.3 is 9.30 Å². The summed E-state index contributed by atoms with van der Waals surface area (Å²) < 4.78 is 7.69. The predicted molar refractivity (Wildman–Crippen MR) is 86.5 cm³/mol. The van der Waals surface area contributed by atoms with Gasteiger partial charge in [-0.2, -0.15) is 5.26 Å². The summed E-state index contributed by atoms with van der Waals surface area (Å²) in [5.74, 6) is 0. The SMILES string of the molecule is C[Si](C)(C)CCOCn1c(C#N)ccc1-c1cccnc1. The molecule has 0 aliphatic carbocycles. The molecule has 0 radical (unpaired) electrons. The van der Waals surface area contributed by atoms with Gasteiger partial charge in [-0.05, 0) is 30.3 Å². The highest BCUT2D eigenvalue weighted by Gasteiger charge is 2.13. The molecule has 0 saturated carbocycles.